The van der Waals surface area contributed by atoms with Crippen LogP contribution in [-0.4, -0.2) is 72.6 Å². The first-order valence-corrected chi connectivity index (χ1v) is 14.1. The SMILES string of the molecule is CCCCCOc1cccc(C2/C(=C(\O)c3ccc4c(c3)OCCO4)C(=O)C(=O)N2CCCN(CC)CC)c1. The van der Waals surface area contributed by atoms with Crippen LogP contribution in [0.1, 0.15) is 63.6 Å². The molecule has 1 atom stereocenters. The molecule has 8 nitrogen and oxygen atoms in total. The van der Waals surface area contributed by atoms with Crippen molar-refractivity contribution >= 4 is 17.4 Å². The standard InChI is InChI=1S/C31H40N2O6/c1-4-7-8-17-37-24-12-9-11-22(20-24)28-27(29(34)23-13-14-25-26(21-23)39-19-18-38-25)30(35)31(36)33(28)16-10-15-32(5-2)6-3/h9,11-14,20-21,28,34H,4-8,10,15-19H2,1-3H3/b29-27+. The van der Waals surface area contributed by atoms with E-state index in [-0.39, 0.29) is 11.3 Å². The summed E-state index contributed by atoms with van der Waals surface area (Å²) in [6.45, 7) is 10.8. The van der Waals surface area contributed by atoms with Crippen LogP contribution in [0, 0.1) is 0 Å². The van der Waals surface area contributed by atoms with E-state index in [1.807, 2.05) is 24.3 Å². The summed E-state index contributed by atoms with van der Waals surface area (Å²) in [6.07, 6.45) is 3.85. The van der Waals surface area contributed by atoms with Gasteiger partial charge in [-0.15, -0.1) is 0 Å². The number of benzene rings is 2. The zero-order valence-electron chi connectivity index (χ0n) is 23.3. The Morgan fingerprint density at radius 1 is 1.00 bits per heavy atom. The predicted octanol–water partition coefficient (Wildman–Crippen LogP) is 5.18. The van der Waals surface area contributed by atoms with Crippen LogP contribution in [0.5, 0.6) is 17.2 Å². The number of amides is 1. The molecule has 1 N–H and O–H groups in total. The Balaban J connectivity index is 1.70. The molecule has 2 aliphatic rings. The summed E-state index contributed by atoms with van der Waals surface area (Å²) in [5.74, 6) is 0.238. The number of aliphatic hydroxyl groups is 1. The molecule has 210 valence electrons. The minimum atomic E-state index is -0.728. The third kappa shape index (κ3) is 6.56. The average molecular weight is 537 g/mol. The number of ether oxygens (including phenoxy) is 3. The number of fused-ring (bicyclic) bond motifs is 1. The van der Waals surface area contributed by atoms with Crippen LogP contribution in [0.4, 0.5) is 0 Å². The van der Waals surface area contributed by atoms with E-state index >= 15 is 0 Å². The number of ketones is 1. The Labute approximate surface area is 231 Å². The smallest absolute Gasteiger partial charge is 0.295 e. The van der Waals surface area contributed by atoms with Crippen LogP contribution in [0.2, 0.25) is 0 Å². The number of carbonyl (C=O) groups is 2. The van der Waals surface area contributed by atoms with Gasteiger partial charge in [0, 0.05) is 12.1 Å². The molecule has 0 aliphatic carbocycles. The molecule has 2 heterocycles. The van der Waals surface area contributed by atoms with Gasteiger partial charge in [0.05, 0.1) is 18.2 Å². The van der Waals surface area contributed by atoms with Crippen molar-refractivity contribution in [2.45, 2.75) is 52.5 Å². The van der Waals surface area contributed by atoms with Crippen molar-refractivity contribution in [2.24, 2.45) is 0 Å². The number of Topliss-reactive ketones (excluding diaryl/α,β-unsaturated/α-hetero) is 1. The highest BCUT2D eigenvalue weighted by molar-refractivity contribution is 6.46. The largest absolute Gasteiger partial charge is 0.507 e. The van der Waals surface area contributed by atoms with Crippen molar-refractivity contribution in [3.05, 3.63) is 59.2 Å². The highest BCUT2D eigenvalue weighted by Crippen LogP contribution is 2.41. The first-order chi connectivity index (χ1) is 19.0. The zero-order valence-corrected chi connectivity index (χ0v) is 23.3. The minimum Gasteiger partial charge on any atom is -0.507 e. The van der Waals surface area contributed by atoms with E-state index in [1.54, 1.807) is 23.1 Å². The Hall–Kier alpha value is -3.52. The number of rotatable bonds is 13. The lowest BCUT2D eigenvalue weighted by molar-refractivity contribution is -0.140. The number of unbranched alkanes of at least 4 members (excludes halogenated alkanes) is 2. The molecule has 1 saturated heterocycles. The highest BCUT2D eigenvalue weighted by atomic mass is 16.6. The molecule has 39 heavy (non-hydrogen) atoms. The van der Waals surface area contributed by atoms with Crippen molar-refractivity contribution in [2.75, 3.05) is 46.0 Å². The van der Waals surface area contributed by atoms with Gasteiger partial charge < -0.3 is 29.1 Å². The topological polar surface area (TPSA) is 88.5 Å². The van der Waals surface area contributed by atoms with Gasteiger partial charge in [-0.25, -0.2) is 0 Å². The molecule has 2 aromatic rings. The van der Waals surface area contributed by atoms with E-state index in [0.29, 0.717) is 55.6 Å². The lowest BCUT2D eigenvalue weighted by atomic mass is 9.95. The van der Waals surface area contributed by atoms with Crippen molar-refractivity contribution in [1.29, 1.82) is 0 Å². The second-order valence-corrected chi connectivity index (χ2v) is 9.86. The van der Waals surface area contributed by atoms with Gasteiger partial charge in [-0.3, -0.25) is 9.59 Å². The van der Waals surface area contributed by atoms with E-state index in [1.165, 1.54) is 0 Å². The summed E-state index contributed by atoms with van der Waals surface area (Å²) in [5, 5.41) is 11.5. The van der Waals surface area contributed by atoms with Crippen molar-refractivity contribution in [3.8, 4) is 17.2 Å². The molecule has 8 heteroatoms. The van der Waals surface area contributed by atoms with E-state index in [2.05, 4.69) is 25.7 Å². The highest BCUT2D eigenvalue weighted by Gasteiger charge is 2.46. The second-order valence-electron chi connectivity index (χ2n) is 9.86. The van der Waals surface area contributed by atoms with Gasteiger partial charge in [0.2, 0.25) is 0 Å². The minimum absolute atomic E-state index is 0.0719. The van der Waals surface area contributed by atoms with Crippen LogP contribution in [-0.2, 0) is 9.59 Å². The maximum atomic E-state index is 13.4. The molecule has 0 saturated carbocycles. The molecule has 1 unspecified atom stereocenters. The van der Waals surface area contributed by atoms with Gasteiger partial charge in [-0.1, -0.05) is 45.7 Å². The second kappa shape index (κ2) is 13.5. The van der Waals surface area contributed by atoms with E-state index in [4.69, 9.17) is 14.2 Å². The van der Waals surface area contributed by atoms with Gasteiger partial charge in [0.15, 0.2) is 11.5 Å². The first kappa shape index (κ1) is 28.5. The molecule has 4 rings (SSSR count). The van der Waals surface area contributed by atoms with E-state index in [9.17, 15) is 14.7 Å². The number of carbonyl (C=O) groups excluding carboxylic acids is 2. The van der Waals surface area contributed by atoms with Crippen LogP contribution in [0.25, 0.3) is 5.76 Å². The number of likely N-dealkylation sites (tertiary alicyclic amines) is 1. The number of hydrogen-bond donors (Lipinski definition) is 1. The molecule has 0 spiro atoms. The predicted molar refractivity (Wildman–Crippen MR) is 150 cm³/mol. The summed E-state index contributed by atoms with van der Waals surface area (Å²) in [4.78, 5) is 30.7. The summed E-state index contributed by atoms with van der Waals surface area (Å²) < 4.78 is 17.3. The van der Waals surface area contributed by atoms with Crippen LogP contribution >= 0.6 is 0 Å². The molecule has 1 amide bonds. The fraction of sp³-hybridized carbons (Fsp3) is 0.484. The Morgan fingerprint density at radius 3 is 2.51 bits per heavy atom. The number of nitrogens with zero attached hydrogens (tertiary/aromatic N) is 2. The maximum Gasteiger partial charge on any atom is 0.295 e. The van der Waals surface area contributed by atoms with E-state index < -0.39 is 17.7 Å². The molecule has 2 aliphatic heterocycles. The summed E-state index contributed by atoms with van der Waals surface area (Å²) in [6, 6.07) is 11.8. The molecule has 0 bridgehead atoms. The lowest BCUT2D eigenvalue weighted by Crippen LogP contribution is -2.33. The third-order valence-electron chi connectivity index (χ3n) is 7.31. The van der Waals surface area contributed by atoms with Crippen molar-refractivity contribution in [1.82, 2.24) is 9.80 Å². The van der Waals surface area contributed by atoms with Crippen LogP contribution in [0.3, 0.4) is 0 Å². The molecular formula is C31H40N2O6. The van der Waals surface area contributed by atoms with Crippen molar-refractivity contribution < 1.29 is 28.9 Å². The van der Waals surface area contributed by atoms with Crippen LogP contribution in [0.15, 0.2) is 48.0 Å². The molecular weight excluding hydrogens is 496 g/mol. The van der Waals surface area contributed by atoms with Gasteiger partial charge in [-0.2, -0.15) is 0 Å². The Kier molecular flexibility index (Phi) is 9.87. The quantitative estimate of drug-likeness (QED) is 0.163. The van der Waals surface area contributed by atoms with Gasteiger partial charge in [-0.05, 0) is 68.4 Å². The lowest BCUT2D eigenvalue weighted by Gasteiger charge is -2.27. The van der Waals surface area contributed by atoms with Crippen molar-refractivity contribution in [3.63, 3.8) is 0 Å². The Morgan fingerprint density at radius 2 is 1.77 bits per heavy atom. The molecule has 2 aromatic carbocycles. The maximum absolute atomic E-state index is 13.4. The number of hydrogen-bond acceptors (Lipinski definition) is 7. The van der Waals surface area contributed by atoms with Gasteiger partial charge >= 0.3 is 0 Å². The Bertz CT molecular complexity index is 1190. The number of aliphatic hydroxyl groups excluding tert-OH is 1. The molecule has 0 aromatic heterocycles. The van der Waals surface area contributed by atoms with Gasteiger partial charge in [0.1, 0.15) is 24.7 Å². The first-order valence-electron chi connectivity index (χ1n) is 14.1. The normalized spacial score (nSPS) is 18.2. The fourth-order valence-electron chi connectivity index (χ4n) is 5.12. The van der Waals surface area contributed by atoms with Crippen LogP contribution < -0.4 is 14.2 Å². The summed E-state index contributed by atoms with van der Waals surface area (Å²) in [7, 11) is 0. The molecule has 0 radical (unpaired) electrons. The molecule has 1 fully saturated rings. The van der Waals surface area contributed by atoms with Gasteiger partial charge in [0.25, 0.3) is 11.7 Å². The summed E-state index contributed by atoms with van der Waals surface area (Å²) in [5.41, 5.74) is 1.20. The zero-order chi connectivity index (χ0) is 27.8. The summed E-state index contributed by atoms with van der Waals surface area (Å²) >= 11 is 0. The monoisotopic (exact) mass is 536 g/mol. The average Bonchev–Trinajstić information content (AvgIpc) is 3.22. The fourth-order valence-corrected chi connectivity index (χ4v) is 5.12. The third-order valence-corrected chi connectivity index (χ3v) is 7.31. The van der Waals surface area contributed by atoms with E-state index in [0.717, 1.165) is 44.5 Å².